The molecule has 3 rings (SSSR count). The van der Waals surface area contributed by atoms with Crippen molar-refractivity contribution in [3.8, 4) is 11.4 Å². The standard InChI is InChI=1S/C20H16Cl2N2O4/c1-13-12-17(25)19(23-24(13)15-8-6-14(21)7-9-15)20(26)28-11-10-27-18-5-3-2-4-16(18)22/h2-9,12H,10-11H2,1H3. The van der Waals surface area contributed by atoms with E-state index in [4.69, 9.17) is 32.7 Å². The number of benzene rings is 2. The van der Waals surface area contributed by atoms with Crippen molar-refractivity contribution >= 4 is 29.2 Å². The maximum atomic E-state index is 12.3. The zero-order chi connectivity index (χ0) is 20.1. The highest BCUT2D eigenvalue weighted by molar-refractivity contribution is 6.32. The molecule has 0 aliphatic heterocycles. The summed E-state index contributed by atoms with van der Waals surface area (Å²) in [4.78, 5) is 24.5. The second-order valence-corrected chi connectivity index (χ2v) is 6.65. The molecule has 0 spiro atoms. The lowest BCUT2D eigenvalue weighted by Gasteiger charge is -2.11. The molecule has 0 aliphatic carbocycles. The predicted molar refractivity (Wildman–Crippen MR) is 107 cm³/mol. The predicted octanol–water partition coefficient (Wildman–Crippen LogP) is 4.08. The fourth-order valence-electron chi connectivity index (χ4n) is 2.45. The summed E-state index contributed by atoms with van der Waals surface area (Å²) in [5, 5.41) is 5.18. The van der Waals surface area contributed by atoms with Gasteiger partial charge in [-0.3, -0.25) is 4.79 Å². The van der Waals surface area contributed by atoms with Crippen molar-refractivity contribution in [2.45, 2.75) is 6.92 Å². The van der Waals surface area contributed by atoms with Gasteiger partial charge in [0, 0.05) is 16.8 Å². The van der Waals surface area contributed by atoms with Crippen molar-refractivity contribution in [3.63, 3.8) is 0 Å². The van der Waals surface area contributed by atoms with E-state index in [-0.39, 0.29) is 18.9 Å². The summed E-state index contributed by atoms with van der Waals surface area (Å²) < 4.78 is 12.0. The van der Waals surface area contributed by atoms with Crippen molar-refractivity contribution < 1.29 is 14.3 Å². The van der Waals surface area contributed by atoms with E-state index in [1.165, 1.54) is 10.7 Å². The number of nitrogens with zero attached hydrogens (tertiary/aromatic N) is 2. The van der Waals surface area contributed by atoms with Gasteiger partial charge in [-0.05, 0) is 43.3 Å². The summed E-state index contributed by atoms with van der Waals surface area (Å²) in [5.74, 6) is -0.339. The second-order valence-electron chi connectivity index (χ2n) is 5.80. The average molecular weight is 419 g/mol. The Morgan fingerprint density at radius 1 is 1.07 bits per heavy atom. The summed E-state index contributed by atoms with van der Waals surface area (Å²) in [5.41, 5.74) is 0.418. The molecule has 28 heavy (non-hydrogen) atoms. The van der Waals surface area contributed by atoms with Crippen molar-refractivity contribution in [3.05, 3.63) is 86.3 Å². The van der Waals surface area contributed by atoms with Gasteiger partial charge in [0.2, 0.25) is 11.1 Å². The van der Waals surface area contributed by atoms with Crippen LogP contribution in [0.15, 0.2) is 59.4 Å². The smallest absolute Gasteiger partial charge is 0.363 e. The number of halogens is 2. The van der Waals surface area contributed by atoms with Gasteiger partial charge in [-0.15, -0.1) is 0 Å². The summed E-state index contributed by atoms with van der Waals surface area (Å²) >= 11 is 11.9. The molecule has 0 unspecified atom stereocenters. The van der Waals surface area contributed by atoms with Gasteiger partial charge in [0.25, 0.3) is 0 Å². The van der Waals surface area contributed by atoms with Crippen LogP contribution in [-0.4, -0.2) is 29.0 Å². The second kappa shape index (κ2) is 8.91. The first kappa shape index (κ1) is 19.9. The summed E-state index contributed by atoms with van der Waals surface area (Å²) in [7, 11) is 0. The topological polar surface area (TPSA) is 70.4 Å². The zero-order valence-electron chi connectivity index (χ0n) is 14.9. The summed E-state index contributed by atoms with van der Waals surface area (Å²) in [6, 6.07) is 15.2. The van der Waals surface area contributed by atoms with E-state index in [1.54, 1.807) is 55.5 Å². The molecule has 0 saturated heterocycles. The Morgan fingerprint density at radius 2 is 1.79 bits per heavy atom. The van der Waals surface area contributed by atoms with Crippen LogP contribution in [0.3, 0.4) is 0 Å². The fraction of sp³-hybridized carbons (Fsp3) is 0.150. The van der Waals surface area contributed by atoms with Crippen molar-refractivity contribution in [1.29, 1.82) is 0 Å². The highest BCUT2D eigenvalue weighted by Crippen LogP contribution is 2.22. The molecular weight excluding hydrogens is 403 g/mol. The van der Waals surface area contributed by atoms with Crippen LogP contribution in [-0.2, 0) is 4.74 Å². The molecule has 0 aliphatic rings. The van der Waals surface area contributed by atoms with Gasteiger partial charge in [-0.1, -0.05) is 35.3 Å². The number of hydrogen-bond acceptors (Lipinski definition) is 5. The van der Waals surface area contributed by atoms with E-state index in [9.17, 15) is 9.59 Å². The van der Waals surface area contributed by atoms with Gasteiger partial charge in [0.05, 0.1) is 10.7 Å². The Morgan fingerprint density at radius 3 is 2.50 bits per heavy atom. The number of hydrogen-bond donors (Lipinski definition) is 0. The number of aromatic nitrogens is 2. The number of rotatable bonds is 6. The first-order chi connectivity index (χ1) is 13.5. The Hall–Kier alpha value is -2.83. The van der Waals surface area contributed by atoms with Gasteiger partial charge in [0.15, 0.2) is 0 Å². The van der Waals surface area contributed by atoms with E-state index < -0.39 is 11.4 Å². The molecule has 0 fully saturated rings. The first-order valence-corrected chi connectivity index (χ1v) is 9.12. The molecule has 1 heterocycles. The molecule has 144 valence electrons. The Kier molecular flexibility index (Phi) is 6.34. The summed E-state index contributed by atoms with van der Waals surface area (Å²) in [6.07, 6.45) is 0. The highest BCUT2D eigenvalue weighted by Gasteiger charge is 2.17. The van der Waals surface area contributed by atoms with Crippen LogP contribution < -0.4 is 10.2 Å². The van der Waals surface area contributed by atoms with Crippen LogP contribution in [0.2, 0.25) is 10.0 Å². The van der Waals surface area contributed by atoms with Crippen LogP contribution in [0, 0.1) is 6.92 Å². The van der Waals surface area contributed by atoms with Gasteiger partial charge in [0.1, 0.15) is 19.0 Å². The largest absolute Gasteiger partial charge is 0.488 e. The van der Waals surface area contributed by atoms with Gasteiger partial charge in [-0.2, -0.15) is 5.10 Å². The molecule has 0 N–H and O–H groups in total. The SMILES string of the molecule is Cc1cc(=O)c(C(=O)OCCOc2ccccc2Cl)nn1-c1ccc(Cl)cc1. The Balaban J connectivity index is 1.69. The minimum absolute atomic E-state index is 0.0556. The third kappa shape index (κ3) is 4.71. The summed E-state index contributed by atoms with van der Waals surface area (Å²) in [6.45, 7) is 1.75. The molecule has 8 heteroatoms. The van der Waals surface area contributed by atoms with Crippen LogP contribution in [0.1, 0.15) is 16.2 Å². The molecule has 0 radical (unpaired) electrons. The van der Waals surface area contributed by atoms with Crippen molar-refractivity contribution in [1.82, 2.24) is 9.78 Å². The molecule has 0 saturated carbocycles. The fourth-order valence-corrected chi connectivity index (χ4v) is 2.76. The van der Waals surface area contributed by atoms with Crippen LogP contribution in [0.4, 0.5) is 0 Å². The van der Waals surface area contributed by atoms with Crippen molar-refractivity contribution in [2.75, 3.05) is 13.2 Å². The Labute approximate surface area is 171 Å². The number of para-hydroxylation sites is 1. The molecule has 0 amide bonds. The van der Waals surface area contributed by atoms with E-state index in [2.05, 4.69) is 5.10 Å². The van der Waals surface area contributed by atoms with E-state index in [0.717, 1.165) is 0 Å². The number of ether oxygens (including phenoxy) is 2. The number of carbonyl (C=O) groups is 1. The van der Waals surface area contributed by atoms with Crippen LogP contribution in [0.5, 0.6) is 5.75 Å². The maximum Gasteiger partial charge on any atom is 0.363 e. The highest BCUT2D eigenvalue weighted by atomic mass is 35.5. The quantitative estimate of drug-likeness (QED) is 0.445. The average Bonchev–Trinajstić information content (AvgIpc) is 2.67. The van der Waals surface area contributed by atoms with Gasteiger partial charge >= 0.3 is 5.97 Å². The van der Waals surface area contributed by atoms with Crippen LogP contribution in [0.25, 0.3) is 5.69 Å². The van der Waals surface area contributed by atoms with Crippen LogP contribution >= 0.6 is 23.2 Å². The van der Waals surface area contributed by atoms with Crippen molar-refractivity contribution in [2.24, 2.45) is 0 Å². The third-order valence-electron chi connectivity index (χ3n) is 3.78. The Bertz CT molecular complexity index is 1050. The minimum atomic E-state index is -0.824. The minimum Gasteiger partial charge on any atom is -0.488 e. The number of aryl methyl sites for hydroxylation is 1. The normalized spacial score (nSPS) is 10.5. The molecule has 1 aromatic heterocycles. The maximum absolute atomic E-state index is 12.3. The number of carbonyl (C=O) groups excluding carboxylic acids is 1. The van der Waals surface area contributed by atoms with E-state index in [1.807, 2.05) is 0 Å². The van der Waals surface area contributed by atoms with Gasteiger partial charge in [-0.25, -0.2) is 9.48 Å². The van der Waals surface area contributed by atoms with E-state index >= 15 is 0 Å². The number of esters is 1. The lowest BCUT2D eigenvalue weighted by atomic mass is 10.3. The van der Waals surface area contributed by atoms with E-state index in [0.29, 0.717) is 27.2 Å². The zero-order valence-corrected chi connectivity index (χ0v) is 16.4. The molecule has 3 aromatic rings. The lowest BCUT2D eigenvalue weighted by Crippen LogP contribution is -2.25. The first-order valence-electron chi connectivity index (χ1n) is 8.37. The third-order valence-corrected chi connectivity index (χ3v) is 4.35. The molecule has 2 aromatic carbocycles. The van der Waals surface area contributed by atoms with Gasteiger partial charge < -0.3 is 9.47 Å². The lowest BCUT2D eigenvalue weighted by molar-refractivity contribution is 0.0440. The molecular formula is C20H16Cl2N2O4. The molecule has 0 bridgehead atoms. The monoisotopic (exact) mass is 418 g/mol. The molecule has 6 nitrogen and oxygen atoms in total. The molecule has 0 atom stereocenters.